The second-order valence-electron chi connectivity index (χ2n) is 6.16. The predicted molar refractivity (Wildman–Crippen MR) is 91.9 cm³/mol. The first-order valence-corrected chi connectivity index (χ1v) is 7.41. The molecule has 1 fully saturated rings. The third-order valence-corrected chi connectivity index (χ3v) is 4.81. The molecule has 3 N–H and O–H groups in total. The number of anilines is 1. The fourth-order valence-electron chi connectivity index (χ4n) is 3.30. The molecule has 0 bridgehead atoms. The number of likely N-dealkylation sites (N-methyl/N-ethyl adjacent to an activating group) is 1. The molecule has 3 rings (SSSR count). The summed E-state index contributed by atoms with van der Waals surface area (Å²) in [5.74, 6) is -0.324. The molecule has 1 heterocycles. The van der Waals surface area contributed by atoms with E-state index in [0.717, 1.165) is 11.1 Å². The summed E-state index contributed by atoms with van der Waals surface area (Å²) < 4.78 is 0. The molecule has 1 aliphatic carbocycles. The summed E-state index contributed by atoms with van der Waals surface area (Å²) in [6, 6.07) is 1.43. The zero-order valence-corrected chi connectivity index (χ0v) is 13.3. The number of carbonyl (C=O) groups is 3. The molecule has 0 saturated carbocycles. The topological polar surface area (TPSA) is 92.5 Å². The number of nitrogens with two attached hydrogens (primary N) is 1. The Kier molecular flexibility index (Phi) is 3.59. The second kappa shape index (κ2) is 5.37. The lowest BCUT2D eigenvalue weighted by Crippen LogP contribution is -2.48. The summed E-state index contributed by atoms with van der Waals surface area (Å²) in [4.78, 5) is 36.2. The first-order chi connectivity index (χ1) is 11.3. The highest BCUT2D eigenvalue weighted by Crippen LogP contribution is 2.37. The number of aldehydes is 1. The number of fused-ring (bicyclic) bond motifs is 1. The predicted octanol–water partition coefficient (Wildman–Crippen LogP) is -0.150. The van der Waals surface area contributed by atoms with Gasteiger partial charge >= 0.3 is 6.03 Å². The summed E-state index contributed by atoms with van der Waals surface area (Å²) in [6.45, 7) is 3.57. The summed E-state index contributed by atoms with van der Waals surface area (Å²) in [6.07, 6.45) is 4.56. The number of nitrogen functional groups attached to an aromatic ring is 1. The first-order valence-electron chi connectivity index (χ1n) is 7.41. The van der Waals surface area contributed by atoms with E-state index < -0.39 is 11.6 Å². The zero-order chi connectivity index (χ0) is 17.6. The van der Waals surface area contributed by atoms with Gasteiger partial charge in [-0.05, 0) is 22.8 Å². The Labute approximate surface area is 140 Å². The molecule has 2 radical (unpaired) electrons. The average Bonchev–Trinajstić information content (AvgIpc) is 3.04. The summed E-state index contributed by atoms with van der Waals surface area (Å²) >= 11 is 0. The van der Waals surface area contributed by atoms with Crippen molar-refractivity contribution < 1.29 is 14.4 Å². The number of hydrogen-bond donors (Lipinski definition) is 2. The van der Waals surface area contributed by atoms with Gasteiger partial charge < -0.3 is 10.6 Å². The molecule has 1 aromatic rings. The quantitative estimate of drug-likeness (QED) is 0.202. The first kappa shape index (κ1) is 16.0. The summed E-state index contributed by atoms with van der Waals surface area (Å²) in [5.41, 5.74) is 8.55. The van der Waals surface area contributed by atoms with Crippen LogP contribution in [0.3, 0.4) is 0 Å². The maximum atomic E-state index is 12.3. The van der Waals surface area contributed by atoms with Crippen LogP contribution < -0.4 is 16.5 Å². The van der Waals surface area contributed by atoms with Crippen LogP contribution in [0.2, 0.25) is 0 Å². The molecule has 1 aromatic carbocycles. The number of imide groups is 1. The van der Waals surface area contributed by atoms with Crippen molar-refractivity contribution in [2.24, 2.45) is 0 Å². The van der Waals surface area contributed by atoms with Gasteiger partial charge in [-0.2, -0.15) is 0 Å². The Balaban J connectivity index is 2.04. The van der Waals surface area contributed by atoms with Gasteiger partial charge in [0, 0.05) is 31.1 Å². The largest absolute Gasteiger partial charge is 0.399 e. The number of hydrogen-bond acceptors (Lipinski definition) is 4. The van der Waals surface area contributed by atoms with E-state index in [4.69, 9.17) is 13.6 Å². The molecule has 0 unspecified atom stereocenters. The third kappa shape index (κ3) is 2.16. The van der Waals surface area contributed by atoms with Gasteiger partial charge in [-0.15, -0.1) is 0 Å². The Morgan fingerprint density at radius 1 is 1.46 bits per heavy atom. The molecule has 6 nitrogen and oxygen atoms in total. The van der Waals surface area contributed by atoms with Gasteiger partial charge in [-0.1, -0.05) is 24.2 Å². The van der Waals surface area contributed by atoms with Crippen molar-refractivity contribution in [2.45, 2.75) is 18.4 Å². The van der Waals surface area contributed by atoms with Crippen molar-refractivity contribution in [3.05, 3.63) is 41.0 Å². The van der Waals surface area contributed by atoms with Crippen LogP contribution in [-0.4, -0.2) is 43.6 Å². The molecular formula is C17H16BN3O3. The monoisotopic (exact) mass is 321 g/mol. The van der Waals surface area contributed by atoms with Crippen LogP contribution in [0.25, 0.3) is 6.08 Å². The number of allylic oxidation sites excluding steroid dienone is 2. The molecule has 1 aliphatic heterocycles. The van der Waals surface area contributed by atoms with Crippen LogP contribution in [0.15, 0.2) is 24.3 Å². The lowest BCUT2D eigenvalue weighted by Gasteiger charge is -2.27. The maximum Gasteiger partial charge on any atom is 0.324 e. The zero-order valence-electron chi connectivity index (χ0n) is 13.3. The minimum absolute atomic E-state index is 0.311. The number of rotatable bonds is 3. The van der Waals surface area contributed by atoms with Crippen LogP contribution in [0.1, 0.15) is 16.7 Å². The van der Waals surface area contributed by atoms with Gasteiger partial charge in [0.15, 0.2) is 0 Å². The van der Waals surface area contributed by atoms with E-state index in [1.54, 1.807) is 19.2 Å². The molecule has 1 spiro atoms. The lowest BCUT2D eigenvalue weighted by molar-refractivity contribution is -0.125. The Bertz CT molecular complexity index is 831. The van der Waals surface area contributed by atoms with E-state index in [0.29, 0.717) is 41.4 Å². The minimum atomic E-state index is -0.950. The third-order valence-electron chi connectivity index (χ3n) is 4.81. The van der Waals surface area contributed by atoms with Crippen LogP contribution in [-0.2, 0) is 22.4 Å². The van der Waals surface area contributed by atoms with Crippen LogP contribution >= 0.6 is 0 Å². The van der Waals surface area contributed by atoms with E-state index in [1.807, 2.05) is 6.07 Å². The number of nitrogens with zero attached hydrogens (tertiary/aromatic N) is 1. The van der Waals surface area contributed by atoms with Crippen molar-refractivity contribution in [1.29, 1.82) is 0 Å². The van der Waals surface area contributed by atoms with Crippen LogP contribution in [0.5, 0.6) is 0 Å². The molecule has 2 aliphatic rings. The van der Waals surface area contributed by atoms with Crippen molar-refractivity contribution in [3.63, 3.8) is 0 Å². The Hall–Kier alpha value is -2.83. The number of benzene rings is 1. The van der Waals surface area contributed by atoms with Crippen LogP contribution in [0, 0.1) is 0 Å². The molecule has 3 amide bonds. The molecule has 1 saturated heterocycles. The molecule has 24 heavy (non-hydrogen) atoms. The number of urea groups is 1. The van der Waals surface area contributed by atoms with Crippen molar-refractivity contribution in [2.75, 3.05) is 12.8 Å². The number of amides is 3. The molecule has 0 aromatic heterocycles. The standard InChI is InChI=1S/C17H16BN3O3/c1-9(8-22)3-4-10-5-11-6-17(7-12(11)13(18)14(10)19)15(23)20-16(24)21(17)2/h3-5,8H,1,6-7,19H2,2H3,(H,20,23,24)/b4-3-/t17-/m1/s1. The fourth-order valence-corrected chi connectivity index (χ4v) is 3.30. The van der Waals surface area contributed by atoms with Crippen LogP contribution in [0.4, 0.5) is 10.5 Å². The summed E-state index contributed by atoms with van der Waals surface area (Å²) in [5, 5.41) is 2.34. The Morgan fingerprint density at radius 3 is 2.75 bits per heavy atom. The second-order valence-corrected chi connectivity index (χ2v) is 6.16. The van der Waals surface area contributed by atoms with Gasteiger partial charge in [-0.25, -0.2) is 4.79 Å². The Morgan fingerprint density at radius 2 is 2.17 bits per heavy atom. The van der Waals surface area contributed by atoms with Gasteiger partial charge in [0.1, 0.15) is 19.7 Å². The smallest absolute Gasteiger partial charge is 0.324 e. The van der Waals surface area contributed by atoms with Crippen molar-refractivity contribution in [1.82, 2.24) is 10.2 Å². The van der Waals surface area contributed by atoms with Gasteiger partial charge in [-0.3, -0.25) is 14.9 Å². The molecular weight excluding hydrogens is 305 g/mol. The molecule has 1 atom stereocenters. The maximum absolute atomic E-state index is 12.3. The van der Waals surface area contributed by atoms with E-state index in [1.165, 1.54) is 4.90 Å². The SMILES string of the molecule is [B]c1c(N)c(/C=C\C(=C)C=O)cc2c1C[C@]1(C2)C(=O)NC(=O)N1C. The average molecular weight is 321 g/mol. The van der Waals surface area contributed by atoms with Crippen molar-refractivity contribution >= 4 is 43.3 Å². The highest BCUT2D eigenvalue weighted by atomic mass is 16.2. The van der Waals surface area contributed by atoms with E-state index >= 15 is 0 Å². The van der Waals surface area contributed by atoms with Crippen molar-refractivity contribution in [3.8, 4) is 0 Å². The van der Waals surface area contributed by atoms with Gasteiger partial charge in [0.25, 0.3) is 5.91 Å². The fraction of sp³-hybridized carbons (Fsp3) is 0.235. The highest BCUT2D eigenvalue weighted by molar-refractivity contribution is 6.37. The van der Waals surface area contributed by atoms with E-state index in [2.05, 4.69) is 11.9 Å². The normalized spacial score (nSPS) is 22.3. The summed E-state index contributed by atoms with van der Waals surface area (Å²) in [7, 11) is 7.76. The highest BCUT2D eigenvalue weighted by Gasteiger charge is 2.54. The van der Waals surface area contributed by atoms with E-state index in [9.17, 15) is 14.4 Å². The number of nitrogens with one attached hydrogen (secondary N) is 1. The minimum Gasteiger partial charge on any atom is -0.399 e. The molecule has 7 heteroatoms. The molecule has 120 valence electrons. The van der Waals surface area contributed by atoms with Gasteiger partial charge in [0.2, 0.25) is 0 Å². The van der Waals surface area contributed by atoms with E-state index in [-0.39, 0.29) is 5.91 Å². The van der Waals surface area contributed by atoms with Gasteiger partial charge in [0.05, 0.1) is 0 Å². The lowest BCUT2D eigenvalue weighted by atomic mass is 9.84. The number of carbonyl (C=O) groups excluding carboxylic acids is 3.